The van der Waals surface area contributed by atoms with E-state index >= 15 is 0 Å². The lowest BCUT2D eigenvalue weighted by Crippen LogP contribution is -2.35. The highest BCUT2D eigenvalue weighted by Crippen LogP contribution is 2.26. The molecule has 0 spiro atoms. The maximum Gasteiger partial charge on any atom is 0.271 e. The van der Waals surface area contributed by atoms with Gasteiger partial charge in [0.15, 0.2) is 0 Å². The van der Waals surface area contributed by atoms with E-state index in [0.29, 0.717) is 15.6 Å². The quantitative estimate of drug-likeness (QED) is 0.436. The van der Waals surface area contributed by atoms with Crippen molar-refractivity contribution in [1.82, 2.24) is 0 Å². The van der Waals surface area contributed by atoms with Crippen LogP contribution in [-0.2, 0) is 14.8 Å². The van der Waals surface area contributed by atoms with Gasteiger partial charge in [0.05, 0.1) is 10.6 Å². The van der Waals surface area contributed by atoms with Gasteiger partial charge < -0.3 is 0 Å². The number of carbonyl (C=O) groups is 1. The summed E-state index contributed by atoms with van der Waals surface area (Å²) in [6, 6.07) is 17.9. The predicted molar refractivity (Wildman–Crippen MR) is 123 cm³/mol. The summed E-state index contributed by atoms with van der Waals surface area (Å²) < 4.78 is 27.4. The van der Waals surface area contributed by atoms with Crippen LogP contribution in [-0.4, -0.2) is 14.3 Å². The predicted octanol–water partition coefficient (Wildman–Crippen LogP) is 6.05. The topological polar surface area (TPSA) is 54.5 Å². The Balaban J connectivity index is 2.05. The fourth-order valence-corrected chi connectivity index (χ4v) is 4.61. The Morgan fingerprint density at radius 1 is 0.867 bits per heavy atom. The first-order valence-corrected chi connectivity index (χ1v) is 11.2. The molecule has 0 atom stereocenters. The van der Waals surface area contributed by atoms with Crippen molar-refractivity contribution in [3.05, 3.63) is 99.5 Å². The number of nitrogens with zero attached hydrogens (tertiary/aromatic N) is 1. The van der Waals surface area contributed by atoms with Crippen molar-refractivity contribution in [2.75, 3.05) is 4.31 Å². The van der Waals surface area contributed by atoms with Crippen LogP contribution in [0.25, 0.3) is 6.08 Å². The summed E-state index contributed by atoms with van der Waals surface area (Å²) in [6.45, 7) is 3.74. The van der Waals surface area contributed by atoms with E-state index in [1.165, 1.54) is 24.3 Å². The van der Waals surface area contributed by atoms with Gasteiger partial charge in [-0.15, -0.1) is 0 Å². The molecule has 0 aliphatic carbocycles. The molecule has 0 fully saturated rings. The highest BCUT2D eigenvalue weighted by atomic mass is 35.5. The van der Waals surface area contributed by atoms with E-state index in [0.717, 1.165) is 15.4 Å². The SMILES string of the molecule is Cc1ccc(N(C(=O)/C=C/c2ccc(Cl)cc2Cl)S(=O)(=O)c2ccc(C)cc2)cc1. The first kappa shape index (κ1) is 22.1. The van der Waals surface area contributed by atoms with Gasteiger partial charge in [0.1, 0.15) is 0 Å². The van der Waals surface area contributed by atoms with E-state index in [9.17, 15) is 13.2 Å². The summed E-state index contributed by atoms with van der Waals surface area (Å²) in [5, 5.41) is 0.821. The third-order valence-corrected chi connectivity index (χ3v) is 6.70. The Labute approximate surface area is 186 Å². The minimum absolute atomic E-state index is 0.0277. The molecule has 0 unspecified atom stereocenters. The maximum absolute atomic E-state index is 13.3. The fraction of sp³-hybridized carbons (Fsp3) is 0.0870. The zero-order chi connectivity index (χ0) is 21.9. The van der Waals surface area contributed by atoms with Crippen molar-refractivity contribution in [2.24, 2.45) is 0 Å². The molecule has 0 bridgehead atoms. The summed E-state index contributed by atoms with van der Waals surface area (Å²) in [5.41, 5.74) is 2.66. The van der Waals surface area contributed by atoms with Crippen molar-refractivity contribution < 1.29 is 13.2 Å². The van der Waals surface area contributed by atoms with E-state index in [-0.39, 0.29) is 10.6 Å². The van der Waals surface area contributed by atoms with Crippen LogP contribution in [0.5, 0.6) is 0 Å². The number of aryl methyl sites for hydroxylation is 2. The molecule has 0 radical (unpaired) electrons. The van der Waals surface area contributed by atoms with Crippen LogP contribution in [0.2, 0.25) is 10.0 Å². The maximum atomic E-state index is 13.3. The van der Waals surface area contributed by atoms with Crippen LogP contribution in [0.15, 0.2) is 77.7 Å². The van der Waals surface area contributed by atoms with Gasteiger partial charge in [-0.1, -0.05) is 64.7 Å². The smallest absolute Gasteiger partial charge is 0.268 e. The number of carbonyl (C=O) groups excluding carboxylic acids is 1. The number of rotatable bonds is 5. The minimum Gasteiger partial charge on any atom is -0.268 e. The fourth-order valence-electron chi connectivity index (χ4n) is 2.75. The molecule has 0 aliphatic rings. The van der Waals surface area contributed by atoms with Crippen LogP contribution < -0.4 is 4.31 Å². The highest BCUT2D eigenvalue weighted by Gasteiger charge is 2.29. The van der Waals surface area contributed by atoms with Crippen LogP contribution >= 0.6 is 23.2 Å². The third kappa shape index (κ3) is 4.93. The van der Waals surface area contributed by atoms with E-state index in [1.807, 2.05) is 13.8 Å². The Bertz CT molecular complexity index is 1200. The van der Waals surface area contributed by atoms with Gasteiger partial charge in [0, 0.05) is 16.1 Å². The molecular weight excluding hydrogens is 441 g/mol. The minimum atomic E-state index is -4.13. The molecule has 0 N–H and O–H groups in total. The lowest BCUT2D eigenvalue weighted by Gasteiger charge is -2.21. The van der Waals surface area contributed by atoms with Gasteiger partial charge in [-0.3, -0.25) is 4.79 Å². The second kappa shape index (κ2) is 9.04. The molecule has 0 saturated heterocycles. The number of benzene rings is 3. The summed E-state index contributed by atoms with van der Waals surface area (Å²) in [5.74, 6) is -0.717. The van der Waals surface area contributed by atoms with Crippen molar-refractivity contribution in [3.8, 4) is 0 Å². The number of amides is 1. The third-order valence-electron chi connectivity index (χ3n) is 4.40. The second-order valence-electron chi connectivity index (χ2n) is 6.76. The number of halogens is 2. The molecular formula is C23H19Cl2NO3S. The molecule has 154 valence electrons. The Kier molecular flexibility index (Phi) is 6.66. The standard InChI is InChI=1S/C23H19Cl2NO3S/c1-16-3-10-20(11-4-16)26(30(28,29)21-12-5-17(2)6-13-21)23(27)14-8-18-7-9-19(24)15-22(18)25/h3-15H,1-2H3/b14-8+. The van der Waals surface area contributed by atoms with Crippen molar-refractivity contribution in [1.29, 1.82) is 0 Å². The molecule has 3 rings (SSSR count). The average molecular weight is 460 g/mol. The lowest BCUT2D eigenvalue weighted by atomic mass is 10.2. The number of hydrogen-bond donors (Lipinski definition) is 0. The highest BCUT2D eigenvalue weighted by molar-refractivity contribution is 7.93. The second-order valence-corrected chi connectivity index (χ2v) is 9.39. The first-order chi connectivity index (χ1) is 14.2. The van der Waals surface area contributed by atoms with E-state index in [2.05, 4.69) is 0 Å². The lowest BCUT2D eigenvalue weighted by molar-refractivity contribution is -0.113. The van der Waals surface area contributed by atoms with Crippen LogP contribution in [0.3, 0.4) is 0 Å². The van der Waals surface area contributed by atoms with Crippen molar-refractivity contribution in [3.63, 3.8) is 0 Å². The molecule has 0 aliphatic heterocycles. The van der Waals surface area contributed by atoms with E-state index in [1.54, 1.807) is 54.6 Å². The van der Waals surface area contributed by atoms with Crippen molar-refractivity contribution >= 4 is 50.9 Å². The van der Waals surface area contributed by atoms with Gasteiger partial charge >= 0.3 is 0 Å². The van der Waals surface area contributed by atoms with Crippen LogP contribution in [0, 0.1) is 13.8 Å². The molecule has 3 aromatic carbocycles. The molecule has 0 heterocycles. The summed E-state index contributed by atoms with van der Waals surface area (Å²) in [7, 11) is -4.13. The van der Waals surface area contributed by atoms with E-state index in [4.69, 9.17) is 23.2 Å². The van der Waals surface area contributed by atoms with Gasteiger partial charge in [0.2, 0.25) is 0 Å². The largest absolute Gasteiger partial charge is 0.271 e. The molecule has 0 aromatic heterocycles. The summed E-state index contributed by atoms with van der Waals surface area (Å²) >= 11 is 12.0. The van der Waals surface area contributed by atoms with Gasteiger partial charge in [-0.2, -0.15) is 4.31 Å². The van der Waals surface area contributed by atoms with Gasteiger partial charge in [0.25, 0.3) is 15.9 Å². The number of sulfonamides is 1. The first-order valence-electron chi connectivity index (χ1n) is 9.04. The van der Waals surface area contributed by atoms with Crippen LogP contribution in [0.4, 0.5) is 5.69 Å². The zero-order valence-electron chi connectivity index (χ0n) is 16.3. The summed E-state index contributed by atoms with van der Waals surface area (Å²) in [6.07, 6.45) is 2.65. The molecule has 30 heavy (non-hydrogen) atoms. The number of hydrogen-bond acceptors (Lipinski definition) is 3. The average Bonchev–Trinajstić information content (AvgIpc) is 2.69. The normalized spacial score (nSPS) is 11.6. The van der Waals surface area contributed by atoms with Crippen LogP contribution in [0.1, 0.15) is 16.7 Å². The zero-order valence-corrected chi connectivity index (χ0v) is 18.7. The van der Waals surface area contributed by atoms with Gasteiger partial charge in [-0.05, 0) is 61.9 Å². The molecule has 4 nitrogen and oxygen atoms in total. The monoisotopic (exact) mass is 459 g/mol. The van der Waals surface area contributed by atoms with E-state index < -0.39 is 15.9 Å². The molecule has 1 amide bonds. The molecule has 0 saturated carbocycles. The summed E-state index contributed by atoms with van der Waals surface area (Å²) in [4.78, 5) is 13.1. The van der Waals surface area contributed by atoms with Crippen molar-refractivity contribution in [2.45, 2.75) is 18.7 Å². The Hall–Kier alpha value is -2.60. The van der Waals surface area contributed by atoms with Gasteiger partial charge in [-0.25, -0.2) is 8.42 Å². The Morgan fingerprint density at radius 3 is 2.00 bits per heavy atom. The molecule has 3 aromatic rings. The molecule has 7 heteroatoms. The Morgan fingerprint density at radius 2 is 1.43 bits per heavy atom. The number of anilines is 1.